The molecule has 2 heterocycles. The molecule has 1 amide bonds. The summed E-state index contributed by atoms with van der Waals surface area (Å²) >= 11 is 0. The second-order valence-electron chi connectivity index (χ2n) is 6.38. The first-order valence-electron chi connectivity index (χ1n) is 7.81. The molecule has 2 N–H and O–H groups in total. The van der Waals surface area contributed by atoms with E-state index in [1.54, 1.807) is 0 Å². The minimum atomic E-state index is 0.0992. The van der Waals surface area contributed by atoms with Crippen LogP contribution in [0.3, 0.4) is 0 Å². The van der Waals surface area contributed by atoms with Crippen molar-refractivity contribution in [2.24, 2.45) is 5.92 Å². The molecule has 3 heteroatoms. The van der Waals surface area contributed by atoms with Crippen LogP contribution in [0.1, 0.15) is 50.6 Å². The topological polar surface area (TPSA) is 41.1 Å². The van der Waals surface area contributed by atoms with Gasteiger partial charge in [0.2, 0.25) is 5.91 Å². The summed E-state index contributed by atoms with van der Waals surface area (Å²) in [6.07, 6.45) is 5.62. The van der Waals surface area contributed by atoms with Crippen LogP contribution in [0.25, 0.3) is 0 Å². The largest absolute Gasteiger partial charge is 0.350 e. The summed E-state index contributed by atoms with van der Waals surface area (Å²) in [5.74, 6) is 0.768. The molecule has 1 aromatic rings. The van der Waals surface area contributed by atoms with Crippen LogP contribution in [-0.4, -0.2) is 18.0 Å². The van der Waals surface area contributed by atoms with Gasteiger partial charge in [0, 0.05) is 18.5 Å². The molecule has 2 fully saturated rings. The smallest absolute Gasteiger partial charge is 0.220 e. The van der Waals surface area contributed by atoms with Crippen LogP contribution in [0.2, 0.25) is 0 Å². The standard InChI is InChI=1S/C17H24N2O/c1-12(14-5-3-2-4-6-14)18-17(20)11-13-9-15-7-8-16(10-13)19-15/h2-6,12-13,15-16,19H,7-11H2,1H3,(H,18,20)/t12-,13?,15?,16?/m0/s1. The van der Waals surface area contributed by atoms with Gasteiger partial charge in [-0.1, -0.05) is 30.3 Å². The Morgan fingerprint density at radius 2 is 1.90 bits per heavy atom. The van der Waals surface area contributed by atoms with Gasteiger partial charge in [-0.2, -0.15) is 0 Å². The van der Waals surface area contributed by atoms with E-state index in [0.29, 0.717) is 24.4 Å². The Hall–Kier alpha value is -1.35. The fourth-order valence-electron chi connectivity index (χ4n) is 3.73. The van der Waals surface area contributed by atoms with Crippen LogP contribution in [0.5, 0.6) is 0 Å². The number of nitrogens with one attached hydrogen (secondary N) is 2. The molecule has 3 rings (SSSR count). The lowest BCUT2D eigenvalue weighted by Gasteiger charge is -2.29. The predicted octanol–water partition coefficient (Wildman–Crippen LogP) is 2.78. The molecule has 2 aliphatic rings. The highest BCUT2D eigenvalue weighted by molar-refractivity contribution is 5.76. The van der Waals surface area contributed by atoms with Crippen LogP contribution in [0.15, 0.2) is 30.3 Å². The minimum absolute atomic E-state index is 0.0992. The van der Waals surface area contributed by atoms with E-state index >= 15 is 0 Å². The molecule has 0 spiro atoms. The zero-order valence-corrected chi connectivity index (χ0v) is 12.1. The van der Waals surface area contributed by atoms with Crippen molar-refractivity contribution >= 4 is 5.91 Å². The highest BCUT2D eigenvalue weighted by Crippen LogP contribution is 2.32. The Morgan fingerprint density at radius 1 is 1.25 bits per heavy atom. The number of hydrogen-bond donors (Lipinski definition) is 2. The van der Waals surface area contributed by atoms with Crippen molar-refractivity contribution < 1.29 is 4.79 Å². The fraction of sp³-hybridized carbons (Fsp3) is 0.588. The average molecular weight is 272 g/mol. The van der Waals surface area contributed by atoms with Gasteiger partial charge in [0.15, 0.2) is 0 Å². The number of fused-ring (bicyclic) bond motifs is 2. The maximum Gasteiger partial charge on any atom is 0.220 e. The Kier molecular flexibility index (Phi) is 4.06. The number of benzene rings is 1. The summed E-state index contributed by atoms with van der Waals surface area (Å²) in [5.41, 5.74) is 1.17. The van der Waals surface area contributed by atoms with E-state index in [0.717, 1.165) is 0 Å². The van der Waals surface area contributed by atoms with Crippen molar-refractivity contribution in [1.29, 1.82) is 0 Å². The first-order valence-corrected chi connectivity index (χ1v) is 7.81. The molecule has 2 bridgehead atoms. The maximum absolute atomic E-state index is 12.2. The normalized spacial score (nSPS) is 29.9. The predicted molar refractivity (Wildman–Crippen MR) is 80.3 cm³/mol. The molecule has 2 saturated heterocycles. The number of carbonyl (C=O) groups excluding carboxylic acids is 1. The van der Waals surface area contributed by atoms with Crippen LogP contribution < -0.4 is 10.6 Å². The Bertz CT molecular complexity index is 447. The first kappa shape index (κ1) is 13.6. The monoisotopic (exact) mass is 272 g/mol. The van der Waals surface area contributed by atoms with E-state index in [1.807, 2.05) is 18.2 Å². The molecule has 0 aliphatic carbocycles. The lowest BCUT2D eigenvalue weighted by Crippen LogP contribution is -2.40. The van der Waals surface area contributed by atoms with Crippen molar-refractivity contribution in [2.45, 2.75) is 57.2 Å². The van der Waals surface area contributed by atoms with Crippen LogP contribution in [0, 0.1) is 5.92 Å². The number of rotatable bonds is 4. The van der Waals surface area contributed by atoms with E-state index in [9.17, 15) is 4.79 Å². The quantitative estimate of drug-likeness (QED) is 0.885. The van der Waals surface area contributed by atoms with Crippen LogP contribution in [0.4, 0.5) is 0 Å². The summed E-state index contributed by atoms with van der Waals surface area (Å²) in [6.45, 7) is 2.05. The van der Waals surface area contributed by atoms with Gasteiger partial charge >= 0.3 is 0 Å². The Morgan fingerprint density at radius 3 is 2.55 bits per heavy atom. The van der Waals surface area contributed by atoms with Gasteiger partial charge in [0.1, 0.15) is 0 Å². The summed E-state index contributed by atoms with van der Waals surface area (Å²) in [4.78, 5) is 12.2. The summed E-state index contributed by atoms with van der Waals surface area (Å²) in [7, 11) is 0. The number of hydrogen-bond acceptors (Lipinski definition) is 2. The molecule has 2 aliphatic heterocycles. The van der Waals surface area contributed by atoms with Crippen LogP contribution >= 0.6 is 0 Å². The van der Waals surface area contributed by atoms with Crippen LogP contribution in [-0.2, 0) is 4.79 Å². The molecule has 0 aromatic heterocycles. The van der Waals surface area contributed by atoms with Crippen molar-refractivity contribution in [3.8, 4) is 0 Å². The second kappa shape index (κ2) is 5.96. The molecule has 20 heavy (non-hydrogen) atoms. The Labute approximate surface area is 121 Å². The number of piperidine rings is 1. The Balaban J connectivity index is 1.50. The van der Waals surface area contributed by atoms with E-state index in [4.69, 9.17) is 0 Å². The van der Waals surface area contributed by atoms with Gasteiger partial charge in [0.05, 0.1) is 6.04 Å². The lowest BCUT2D eigenvalue weighted by atomic mass is 9.89. The lowest BCUT2D eigenvalue weighted by molar-refractivity contribution is -0.122. The van der Waals surface area contributed by atoms with E-state index in [-0.39, 0.29) is 11.9 Å². The third kappa shape index (κ3) is 3.21. The minimum Gasteiger partial charge on any atom is -0.350 e. The average Bonchev–Trinajstić information content (AvgIpc) is 2.78. The summed E-state index contributed by atoms with van der Waals surface area (Å²) in [6, 6.07) is 11.6. The molecular formula is C17H24N2O. The van der Waals surface area contributed by atoms with Crippen molar-refractivity contribution in [3.63, 3.8) is 0 Å². The first-order chi connectivity index (χ1) is 9.70. The maximum atomic E-state index is 12.2. The third-order valence-electron chi connectivity index (χ3n) is 4.72. The van der Waals surface area contributed by atoms with Crippen molar-refractivity contribution in [2.75, 3.05) is 0 Å². The van der Waals surface area contributed by atoms with Gasteiger partial charge < -0.3 is 10.6 Å². The summed E-state index contributed by atoms with van der Waals surface area (Å²) < 4.78 is 0. The highest BCUT2D eigenvalue weighted by atomic mass is 16.1. The third-order valence-corrected chi connectivity index (χ3v) is 4.72. The molecule has 2 unspecified atom stereocenters. The zero-order valence-electron chi connectivity index (χ0n) is 12.1. The summed E-state index contributed by atoms with van der Waals surface area (Å²) in [5, 5.41) is 6.76. The molecular weight excluding hydrogens is 248 g/mol. The van der Waals surface area contributed by atoms with Crippen molar-refractivity contribution in [1.82, 2.24) is 10.6 Å². The van der Waals surface area contributed by atoms with Gasteiger partial charge in [-0.05, 0) is 44.1 Å². The molecule has 0 saturated carbocycles. The fourth-order valence-corrected chi connectivity index (χ4v) is 3.73. The van der Waals surface area contributed by atoms with E-state index < -0.39 is 0 Å². The second-order valence-corrected chi connectivity index (χ2v) is 6.38. The van der Waals surface area contributed by atoms with Crippen molar-refractivity contribution in [3.05, 3.63) is 35.9 Å². The zero-order chi connectivity index (χ0) is 13.9. The number of carbonyl (C=O) groups is 1. The van der Waals surface area contributed by atoms with Gasteiger partial charge in [-0.3, -0.25) is 4.79 Å². The molecule has 3 nitrogen and oxygen atoms in total. The molecule has 3 atom stereocenters. The van der Waals surface area contributed by atoms with Gasteiger partial charge in [-0.25, -0.2) is 0 Å². The highest BCUT2D eigenvalue weighted by Gasteiger charge is 2.34. The van der Waals surface area contributed by atoms with E-state index in [2.05, 4.69) is 29.7 Å². The van der Waals surface area contributed by atoms with E-state index in [1.165, 1.54) is 31.2 Å². The molecule has 1 aromatic carbocycles. The van der Waals surface area contributed by atoms with Gasteiger partial charge in [-0.15, -0.1) is 0 Å². The van der Waals surface area contributed by atoms with Gasteiger partial charge in [0.25, 0.3) is 0 Å². The molecule has 0 radical (unpaired) electrons. The SMILES string of the molecule is C[C@H](NC(=O)CC1CC2CCC(C1)N2)c1ccccc1. The number of amides is 1. The molecule has 108 valence electrons.